The molecule has 0 radical (unpaired) electrons. The molecule has 0 aromatic carbocycles. The second-order valence-corrected chi connectivity index (χ2v) is 14.4. The summed E-state index contributed by atoms with van der Waals surface area (Å²) in [5.41, 5.74) is -0.400. The lowest BCUT2D eigenvalue weighted by molar-refractivity contribution is -0.229. The van der Waals surface area contributed by atoms with Crippen molar-refractivity contribution >= 4 is 11.9 Å². The standard InChI is InChI=1S/C31H52O5/c1-19(2)21-10-15-31(27(34)35)17-16-29(5)23(26(21)31)8-9-24-28(4,13-12-25(33)36-7)22(20(3)18-32)11-14-30(24,29)6/h19-24,26,32H,8-18H2,1-7H3,(H,34,35)/t20?,21-,22-,23+,24+,26+,28-,29+,30+,31-/m0/s1. The molecule has 10 atom stereocenters. The first-order chi connectivity index (χ1) is 16.8. The summed E-state index contributed by atoms with van der Waals surface area (Å²) in [7, 11) is 1.47. The van der Waals surface area contributed by atoms with Gasteiger partial charge in [0.2, 0.25) is 0 Å². The third kappa shape index (κ3) is 3.80. The van der Waals surface area contributed by atoms with Gasteiger partial charge in [-0.1, -0.05) is 41.5 Å². The van der Waals surface area contributed by atoms with Crippen LogP contribution in [-0.2, 0) is 14.3 Å². The van der Waals surface area contributed by atoms with Crippen LogP contribution in [0.15, 0.2) is 0 Å². The van der Waals surface area contributed by atoms with Crippen LogP contribution in [-0.4, -0.2) is 35.9 Å². The summed E-state index contributed by atoms with van der Waals surface area (Å²) in [6.45, 7) is 14.4. The van der Waals surface area contributed by atoms with Gasteiger partial charge in [-0.15, -0.1) is 0 Å². The maximum atomic E-state index is 12.8. The van der Waals surface area contributed by atoms with Gasteiger partial charge in [0.15, 0.2) is 0 Å². The second-order valence-electron chi connectivity index (χ2n) is 14.4. The van der Waals surface area contributed by atoms with Gasteiger partial charge in [-0.05, 0) is 115 Å². The molecule has 4 saturated carbocycles. The number of carboxylic acid groups (broad SMARTS) is 1. The van der Waals surface area contributed by atoms with Gasteiger partial charge in [-0.3, -0.25) is 9.59 Å². The molecular formula is C31H52O5. The number of rotatable bonds is 7. The molecule has 0 bridgehead atoms. The average Bonchev–Trinajstić information content (AvgIpc) is 3.24. The predicted molar refractivity (Wildman–Crippen MR) is 141 cm³/mol. The largest absolute Gasteiger partial charge is 0.481 e. The number of carbonyl (C=O) groups is 2. The van der Waals surface area contributed by atoms with Crippen molar-refractivity contribution in [2.24, 2.45) is 63.1 Å². The highest BCUT2D eigenvalue weighted by molar-refractivity contribution is 5.76. The SMILES string of the molecule is COC(=O)CC[C@]1(C)[C@H]2CC[C@@H]3[C@H]4[C@H](C(C)C)CC[C@]4(C(=O)O)CC[C@@]3(C)[C@]2(C)CC[C@H]1C(C)CO. The van der Waals surface area contributed by atoms with E-state index in [1.54, 1.807) is 0 Å². The molecule has 4 fully saturated rings. The van der Waals surface area contributed by atoms with Crippen LogP contribution in [0.3, 0.4) is 0 Å². The predicted octanol–water partition coefficient (Wildman–Crippen LogP) is 6.57. The number of esters is 1. The smallest absolute Gasteiger partial charge is 0.309 e. The van der Waals surface area contributed by atoms with Gasteiger partial charge in [-0.2, -0.15) is 0 Å². The fourth-order valence-corrected chi connectivity index (χ4v) is 11.0. The normalized spacial score (nSPS) is 47.0. The molecule has 2 N–H and O–H groups in total. The van der Waals surface area contributed by atoms with Crippen molar-refractivity contribution in [1.29, 1.82) is 0 Å². The van der Waals surface area contributed by atoms with E-state index in [4.69, 9.17) is 4.74 Å². The minimum absolute atomic E-state index is 0.0498. The summed E-state index contributed by atoms with van der Waals surface area (Å²) in [4.78, 5) is 25.1. The first-order valence-corrected chi connectivity index (χ1v) is 14.7. The van der Waals surface area contributed by atoms with Crippen molar-refractivity contribution in [2.45, 2.75) is 106 Å². The zero-order valence-corrected chi connectivity index (χ0v) is 23.9. The van der Waals surface area contributed by atoms with Gasteiger partial charge in [-0.25, -0.2) is 0 Å². The molecule has 206 valence electrons. The Labute approximate surface area is 219 Å². The van der Waals surface area contributed by atoms with Gasteiger partial charge in [0.05, 0.1) is 12.5 Å². The van der Waals surface area contributed by atoms with Gasteiger partial charge >= 0.3 is 11.9 Å². The number of aliphatic hydroxyl groups excluding tert-OH is 1. The number of aliphatic carboxylic acids is 1. The lowest BCUT2D eigenvalue weighted by Gasteiger charge is -2.71. The lowest BCUT2D eigenvalue weighted by atomic mass is 9.33. The molecule has 5 nitrogen and oxygen atoms in total. The molecule has 1 unspecified atom stereocenters. The highest BCUT2D eigenvalue weighted by Crippen LogP contribution is 2.76. The number of fused-ring (bicyclic) bond motifs is 5. The zero-order valence-electron chi connectivity index (χ0n) is 23.9. The Hall–Kier alpha value is -1.10. The number of aliphatic hydroxyl groups is 1. The molecule has 0 aromatic heterocycles. The van der Waals surface area contributed by atoms with E-state index in [1.165, 1.54) is 7.11 Å². The Morgan fingerprint density at radius 2 is 1.64 bits per heavy atom. The number of ether oxygens (including phenoxy) is 1. The summed E-state index contributed by atoms with van der Waals surface area (Å²) in [6, 6.07) is 0. The minimum atomic E-state index is -0.548. The Morgan fingerprint density at radius 1 is 0.944 bits per heavy atom. The molecular weight excluding hydrogens is 452 g/mol. The molecule has 0 saturated heterocycles. The van der Waals surface area contributed by atoms with Gasteiger partial charge in [0.1, 0.15) is 0 Å². The van der Waals surface area contributed by atoms with Crippen molar-refractivity contribution in [1.82, 2.24) is 0 Å². The molecule has 36 heavy (non-hydrogen) atoms. The fraction of sp³-hybridized carbons (Fsp3) is 0.935. The van der Waals surface area contributed by atoms with Crippen molar-refractivity contribution < 1.29 is 24.5 Å². The van der Waals surface area contributed by atoms with E-state index in [0.717, 1.165) is 57.8 Å². The number of methoxy groups -OCH3 is 1. The maximum absolute atomic E-state index is 12.8. The molecule has 4 aliphatic carbocycles. The van der Waals surface area contributed by atoms with Crippen molar-refractivity contribution in [3.8, 4) is 0 Å². The number of carbonyl (C=O) groups excluding carboxylic acids is 1. The van der Waals surface area contributed by atoms with Crippen LogP contribution in [0.4, 0.5) is 0 Å². The number of hydrogen-bond donors (Lipinski definition) is 2. The zero-order chi connectivity index (χ0) is 26.7. The molecule has 0 heterocycles. The summed E-state index contributed by atoms with van der Waals surface area (Å²) in [6.07, 6.45) is 9.30. The molecule has 0 spiro atoms. The van der Waals surface area contributed by atoms with E-state index in [-0.39, 0.29) is 40.7 Å². The summed E-state index contributed by atoms with van der Waals surface area (Å²) in [5.74, 6) is 2.05. The summed E-state index contributed by atoms with van der Waals surface area (Å²) in [5, 5.41) is 20.7. The Balaban J connectivity index is 1.75. The summed E-state index contributed by atoms with van der Waals surface area (Å²) >= 11 is 0. The molecule has 0 amide bonds. The monoisotopic (exact) mass is 504 g/mol. The van der Waals surface area contributed by atoms with Gasteiger partial charge in [0.25, 0.3) is 0 Å². The Morgan fingerprint density at radius 3 is 2.22 bits per heavy atom. The Kier molecular flexibility index (Phi) is 7.43. The molecule has 5 heteroatoms. The lowest BCUT2D eigenvalue weighted by Crippen LogP contribution is -2.65. The first kappa shape index (κ1) is 27.9. The molecule has 0 aromatic rings. The topological polar surface area (TPSA) is 83.8 Å². The highest BCUT2D eigenvalue weighted by Gasteiger charge is 2.70. The highest BCUT2D eigenvalue weighted by atomic mass is 16.5. The average molecular weight is 505 g/mol. The fourth-order valence-electron chi connectivity index (χ4n) is 11.0. The van der Waals surface area contributed by atoms with Crippen LogP contribution in [0.2, 0.25) is 0 Å². The minimum Gasteiger partial charge on any atom is -0.481 e. The van der Waals surface area contributed by atoms with Crippen LogP contribution in [0.25, 0.3) is 0 Å². The molecule has 4 rings (SSSR count). The maximum Gasteiger partial charge on any atom is 0.309 e. The van der Waals surface area contributed by atoms with Crippen LogP contribution in [0.1, 0.15) is 106 Å². The van der Waals surface area contributed by atoms with Crippen LogP contribution >= 0.6 is 0 Å². The van der Waals surface area contributed by atoms with E-state index < -0.39 is 11.4 Å². The quantitative estimate of drug-likeness (QED) is 0.383. The van der Waals surface area contributed by atoms with Crippen LogP contribution in [0.5, 0.6) is 0 Å². The van der Waals surface area contributed by atoms with Crippen molar-refractivity contribution in [2.75, 3.05) is 13.7 Å². The van der Waals surface area contributed by atoms with E-state index in [2.05, 4.69) is 41.5 Å². The first-order valence-electron chi connectivity index (χ1n) is 14.7. The van der Waals surface area contributed by atoms with Crippen LogP contribution < -0.4 is 0 Å². The number of hydrogen-bond acceptors (Lipinski definition) is 4. The third-order valence-corrected chi connectivity index (χ3v) is 13.2. The molecule has 0 aliphatic heterocycles. The third-order valence-electron chi connectivity index (χ3n) is 13.2. The van der Waals surface area contributed by atoms with E-state index in [9.17, 15) is 19.8 Å². The number of carboxylic acids is 1. The van der Waals surface area contributed by atoms with Crippen molar-refractivity contribution in [3.05, 3.63) is 0 Å². The Bertz CT molecular complexity index is 854. The molecule has 4 aliphatic rings. The van der Waals surface area contributed by atoms with Gasteiger partial charge in [0, 0.05) is 13.0 Å². The van der Waals surface area contributed by atoms with E-state index >= 15 is 0 Å². The van der Waals surface area contributed by atoms with E-state index in [1.807, 2.05) is 0 Å². The second kappa shape index (κ2) is 9.58. The van der Waals surface area contributed by atoms with Gasteiger partial charge < -0.3 is 14.9 Å². The van der Waals surface area contributed by atoms with Crippen LogP contribution in [0, 0.1) is 63.1 Å². The van der Waals surface area contributed by atoms with E-state index in [0.29, 0.717) is 36.0 Å². The van der Waals surface area contributed by atoms with Crippen molar-refractivity contribution in [3.63, 3.8) is 0 Å². The summed E-state index contributed by atoms with van der Waals surface area (Å²) < 4.78 is 5.05.